The number of hydrogen-bond donors (Lipinski definition) is 1. The molecule has 1 aromatic carbocycles. The predicted molar refractivity (Wildman–Crippen MR) is 75.8 cm³/mol. The molecule has 1 heterocycles. The maximum atomic E-state index is 5.86. The number of aromatic nitrogens is 1. The molecular weight excluding hydrogens is 256 g/mol. The number of ether oxygens (including phenoxy) is 2. The maximum absolute atomic E-state index is 5.86. The van der Waals surface area contributed by atoms with E-state index in [1.54, 1.807) is 12.3 Å². The fourth-order valence-corrected chi connectivity index (χ4v) is 1.85. The van der Waals surface area contributed by atoms with Gasteiger partial charge >= 0.3 is 0 Å². The molecule has 0 fully saturated rings. The molecular formula is C15H20N2O3. The molecule has 0 bridgehead atoms. The molecule has 5 nitrogen and oxygen atoms in total. The zero-order valence-electron chi connectivity index (χ0n) is 11.9. The topological polar surface area (TPSA) is 56.5 Å². The Balaban J connectivity index is 2.16. The minimum atomic E-state index is 0.337. The van der Waals surface area contributed by atoms with Gasteiger partial charge in [0, 0.05) is 18.2 Å². The van der Waals surface area contributed by atoms with Crippen molar-refractivity contribution in [1.29, 1.82) is 0 Å². The van der Waals surface area contributed by atoms with Crippen LogP contribution in [0.25, 0.3) is 0 Å². The standard InChI is InChI=1S/C15H20N2O3/c1-3-16-10-12-6-5-7-14(18-4-2)15(12)19-11-13-8-9-17-20-13/h5-9,16H,3-4,10-11H2,1-2H3. The Labute approximate surface area is 118 Å². The Morgan fingerprint density at radius 2 is 2.10 bits per heavy atom. The van der Waals surface area contributed by atoms with Crippen molar-refractivity contribution in [3.8, 4) is 11.5 Å². The second-order valence-corrected chi connectivity index (χ2v) is 4.23. The summed E-state index contributed by atoms with van der Waals surface area (Å²) >= 11 is 0. The zero-order chi connectivity index (χ0) is 14.2. The minimum absolute atomic E-state index is 0.337. The van der Waals surface area contributed by atoms with E-state index in [1.165, 1.54) is 0 Å². The molecule has 1 aromatic heterocycles. The summed E-state index contributed by atoms with van der Waals surface area (Å²) in [6, 6.07) is 7.70. The van der Waals surface area contributed by atoms with E-state index < -0.39 is 0 Å². The molecule has 1 N–H and O–H groups in total. The highest BCUT2D eigenvalue weighted by molar-refractivity contribution is 5.46. The molecule has 0 radical (unpaired) electrons. The third-order valence-electron chi connectivity index (χ3n) is 2.78. The third-order valence-corrected chi connectivity index (χ3v) is 2.78. The van der Waals surface area contributed by atoms with Crippen LogP contribution in [-0.2, 0) is 13.2 Å². The first kappa shape index (κ1) is 14.4. The molecule has 0 spiro atoms. The van der Waals surface area contributed by atoms with Crippen molar-refractivity contribution in [3.63, 3.8) is 0 Å². The van der Waals surface area contributed by atoms with E-state index in [0.29, 0.717) is 19.0 Å². The lowest BCUT2D eigenvalue weighted by Gasteiger charge is -2.15. The Kier molecular flexibility index (Phi) is 5.43. The second-order valence-electron chi connectivity index (χ2n) is 4.23. The molecule has 0 saturated carbocycles. The summed E-state index contributed by atoms with van der Waals surface area (Å²) in [7, 11) is 0. The Bertz CT molecular complexity index is 512. The van der Waals surface area contributed by atoms with Crippen LogP contribution in [0.2, 0.25) is 0 Å². The van der Waals surface area contributed by atoms with Crippen LogP contribution in [0.15, 0.2) is 35.0 Å². The zero-order valence-corrected chi connectivity index (χ0v) is 11.9. The lowest BCUT2D eigenvalue weighted by atomic mass is 10.2. The van der Waals surface area contributed by atoms with Gasteiger partial charge in [-0.15, -0.1) is 0 Å². The smallest absolute Gasteiger partial charge is 0.174 e. The van der Waals surface area contributed by atoms with Crippen molar-refractivity contribution in [2.75, 3.05) is 13.2 Å². The minimum Gasteiger partial charge on any atom is -0.490 e. The second kappa shape index (κ2) is 7.55. The average molecular weight is 276 g/mol. The van der Waals surface area contributed by atoms with Gasteiger partial charge in [0.25, 0.3) is 0 Å². The van der Waals surface area contributed by atoms with E-state index in [1.807, 2.05) is 25.1 Å². The summed E-state index contributed by atoms with van der Waals surface area (Å²) < 4.78 is 16.5. The number of para-hydroxylation sites is 1. The van der Waals surface area contributed by atoms with Gasteiger partial charge in [0.2, 0.25) is 0 Å². The third kappa shape index (κ3) is 3.74. The molecule has 2 aromatic rings. The Morgan fingerprint density at radius 1 is 1.20 bits per heavy atom. The van der Waals surface area contributed by atoms with Crippen LogP contribution in [0.3, 0.4) is 0 Å². The summed E-state index contributed by atoms with van der Waals surface area (Å²) in [5.74, 6) is 2.19. The van der Waals surface area contributed by atoms with Crippen LogP contribution in [-0.4, -0.2) is 18.3 Å². The van der Waals surface area contributed by atoms with Crippen molar-refractivity contribution in [1.82, 2.24) is 10.5 Å². The van der Waals surface area contributed by atoms with Crippen LogP contribution in [0.5, 0.6) is 11.5 Å². The normalized spacial score (nSPS) is 10.5. The van der Waals surface area contributed by atoms with Crippen molar-refractivity contribution in [2.24, 2.45) is 0 Å². The SMILES string of the molecule is CCNCc1cccc(OCC)c1OCc1ccno1. The quantitative estimate of drug-likeness (QED) is 0.803. The van der Waals surface area contributed by atoms with Crippen LogP contribution < -0.4 is 14.8 Å². The first-order valence-electron chi connectivity index (χ1n) is 6.82. The van der Waals surface area contributed by atoms with Crippen LogP contribution in [0.1, 0.15) is 25.2 Å². The van der Waals surface area contributed by atoms with Crippen molar-refractivity contribution in [2.45, 2.75) is 27.0 Å². The highest BCUT2D eigenvalue weighted by atomic mass is 16.5. The fraction of sp³-hybridized carbons (Fsp3) is 0.400. The molecule has 0 aliphatic heterocycles. The Morgan fingerprint density at radius 3 is 2.80 bits per heavy atom. The van der Waals surface area contributed by atoms with Gasteiger partial charge in [-0.05, 0) is 19.5 Å². The summed E-state index contributed by atoms with van der Waals surface area (Å²) in [6.45, 7) is 6.61. The van der Waals surface area contributed by atoms with Gasteiger partial charge in [0.05, 0.1) is 12.8 Å². The summed E-state index contributed by atoms with van der Waals surface area (Å²) in [5, 5.41) is 6.96. The molecule has 5 heteroatoms. The van der Waals surface area contributed by atoms with E-state index in [-0.39, 0.29) is 0 Å². The predicted octanol–water partition coefficient (Wildman–Crippen LogP) is 2.76. The maximum Gasteiger partial charge on any atom is 0.174 e. The first-order chi connectivity index (χ1) is 9.85. The molecule has 2 rings (SSSR count). The lowest BCUT2D eigenvalue weighted by molar-refractivity contribution is 0.231. The number of nitrogens with one attached hydrogen (secondary N) is 1. The van der Waals surface area contributed by atoms with Crippen molar-refractivity contribution < 1.29 is 14.0 Å². The highest BCUT2D eigenvalue weighted by Gasteiger charge is 2.11. The summed E-state index contributed by atoms with van der Waals surface area (Å²) in [4.78, 5) is 0. The van der Waals surface area contributed by atoms with Gasteiger partial charge < -0.3 is 19.3 Å². The first-order valence-corrected chi connectivity index (χ1v) is 6.82. The molecule has 108 valence electrons. The van der Waals surface area contributed by atoms with Crippen molar-refractivity contribution in [3.05, 3.63) is 41.8 Å². The monoisotopic (exact) mass is 276 g/mol. The van der Waals surface area contributed by atoms with Gasteiger partial charge in [-0.1, -0.05) is 24.2 Å². The summed E-state index contributed by atoms with van der Waals surface area (Å²) in [6.07, 6.45) is 1.60. The van der Waals surface area contributed by atoms with Crippen LogP contribution >= 0.6 is 0 Å². The van der Waals surface area contributed by atoms with Gasteiger partial charge in [-0.25, -0.2) is 0 Å². The number of hydrogen-bond acceptors (Lipinski definition) is 5. The largest absolute Gasteiger partial charge is 0.490 e. The summed E-state index contributed by atoms with van der Waals surface area (Å²) in [5.41, 5.74) is 1.07. The molecule has 0 amide bonds. The molecule has 0 aliphatic carbocycles. The molecule has 0 aliphatic rings. The van der Waals surface area contributed by atoms with Crippen LogP contribution in [0, 0.1) is 0 Å². The lowest BCUT2D eigenvalue weighted by Crippen LogP contribution is -2.13. The van der Waals surface area contributed by atoms with E-state index in [2.05, 4.69) is 17.4 Å². The van der Waals surface area contributed by atoms with E-state index in [0.717, 1.165) is 30.2 Å². The van der Waals surface area contributed by atoms with E-state index >= 15 is 0 Å². The van der Waals surface area contributed by atoms with Gasteiger partial charge in [-0.3, -0.25) is 0 Å². The van der Waals surface area contributed by atoms with Gasteiger partial charge in [0.15, 0.2) is 17.3 Å². The van der Waals surface area contributed by atoms with E-state index in [4.69, 9.17) is 14.0 Å². The average Bonchev–Trinajstić information content (AvgIpc) is 2.97. The molecule has 0 atom stereocenters. The number of nitrogens with zero attached hydrogens (tertiary/aromatic N) is 1. The number of rotatable bonds is 8. The van der Waals surface area contributed by atoms with Gasteiger partial charge in [0.1, 0.15) is 6.61 Å². The molecule has 20 heavy (non-hydrogen) atoms. The van der Waals surface area contributed by atoms with Crippen molar-refractivity contribution >= 4 is 0 Å². The van der Waals surface area contributed by atoms with E-state index in [9.17, 15) is 0 Å². The molecule has 0 unspecified atom stereocenters. The molecule has 0 saturated heterocycles. The highest BCUT2D eigenvalue weighted by Crippen LogP contribution is 2.32. The Hall–Kier alpha value is -2.01. The number of benzene rings is 1. The fourth-order valence-electron chi connectivity index (χ4n) is 1.85. The van der Waals surface area contributed by atoms with Crippen LogP contribution in [0.4, 0.5) is 0 Å². The van der Waals surface area contributed by atoms with Gasteiger partial charge in [-0.2, -0.15) is 0 Å².